The van der Waals surface area contributed by atoms with E-state index in [1.807, 2.05) is 109 Å². The predicted molar refractivity (Wildman–Crippen MR) is 278 cm³/mol. The average molecular weight is 973 g/mol. The van der Waals surface area contributed by atoms with Gasteiger partial charge in [-0.15, -0.1) is 0 Å². The molecule has 1 aliphatic rings. The number of likely N-dealkylation sites (N-methyl/N-ethyl adjacent to an activating group) is 1. The molecule has 16 nitrogen and oxygen atoms in total. The van der Waals surface area contributed by atoms with Gasteiger partial charge in [0.2, 0.25) is 35.4 Å². The summed E-state index contributed by atoms with van der Waals surface area (Å²) >= 11 is 0. The zero-order valence-electron chi connectivity index (χ0n) is 40.5. The Kier molecular flexibility index (Phi) is 17.6. The zero-order valence-corrected chi connectivity index (χ0v) is 40.5. The van der Waals surface area contributed by atoms with Gasteiger partial charge < -0.3 is 48.4 Å². The first-order valence-corrected chi connectivity index (χ1v) is 24.4. The molecule has 0 radical (unpaired) electrons. The number of aliphatic imine (C=N–C) groups is 1. The summed E-state index contributed by atoms with van der Waals surface area (Å²) in [7, 11) is 1.52. The Labute approximate surface area is 419 Å². The molecule has 1 heterocycles. The summed E-state index contributed by atoms with van der Waals surface area (Å²) in [5.41, 5.74) is 20.8. The average Bonchev–Trinajstić information content (AvgIpc) is 3.81. The number of hydrogen-bond acceptors (Lipinski definition) is 7. The highest BCUT2D eigenvalue weighted by Gasteiger charge is 2.45. The molecule has 1 aliphatic carbocycles. The number of rotatable bonds is 22. The Bertz CT molecular complexity index is 2830. The van der Waals surface area contributed by atoms with Crippen LogP contribution in [-0.4, -0.2) is 88.5 Å². The van der Waals surface area contributed by atoms with Crippen molar-refractivity contribution in [3.63, 3.8) is 0 Å². The van der Waals surface area contributed by atoms with E-state index < -0.39 is 53.2 Å². The number of hydrogen-bond donors (Lipinski definition) is 8. The number of H-pyrrole nitrogens is 1. The quantitative estimate of drug-likeness (QED) is 0.0269. The Morgan fingerprint density at radius 1 is 0.708 bits per heavy atom. The monoisotopic (exact) mass is 973 g/mol. The third-order valence-corrected chi connectivity index (χ3v) is 13.5. The summed E-state index contributed by atoms with van der Waals surface area (Å²) in [6.07, 6.45) is 4.29. The van der Waals surface area contributed by atoms with E-state index in [2.05, 4.69) is 43.4 Å². The summed E-state index contributed by atoms with van der Waals surface area (Å²) in [4.78, 5) is 93.5. The van der Waals surface area contributed by atoms with Gasteiger partial charge in [-0.3, -0.25) is 33.8 Å². The number of guanidine groups is 1. The second-order valence-corrected chi connectivity index (χ2v) is 18.5. The Balaban J connectivity index is 1.16. The molecule has 0 saturated heterocycles. The van der Waals surface area contributed by atoms with Crippen LogP contribution >= 0.6 is 0 Å². The summed E-state index contributed by atoms with van der Waals surface area (Å²) < 4.78 is 0. The number of fused-ring (bicyclic) bond motifs is 1. The molecule has 72 heavy (non-hydrogen) atoms. The van der Waals surface area contributed by atoms with Crippen molar-refractivity contribution in [2.45, 2.75) is 93.9 Å². The van der Waals surface area contributed by atoms with Gasteiger partial charge in [0.25, 0.3) is 0 Å². The van der Waals surface area contributed by atoms with Crippen LogP contribution in [0.1, 0.15) is 82.6 Å². The van der Waals surface area contributed by atoms with Gasteiger partial charge in [0.05, 0.1) is 6.42 Å². The maximum absolute atomic E-state index is 15.0. The first-order valence-electron chi connectivity index (χ1n) is 24.4. The van der Waals surface area contributed by atoms with Gasteiger partial charge in [0, 0.05) is 55.6 Å². The van der Waals surface area contributed by atoms with Crippen LogP contribution in [0.4, 0.5) is 0 Å². The number of aromatic nitrogens is 1. The first-order chi connectivity index (χ1) is 34.8. The third kappa shape index (κ3) is 13.7. The van der Waals surface area contributed by atoms with Gasteiger partial charge in [0.15, 0.2) is 5.96 Å². The lowest BCUT2D eigenvalue weighted by molar-refractivity contribution is -0.142. The molecular formula is C56H64N10O6. The second kappa shape index (κ2) is 24.5. The van der Waals surface area contributed by atoms with E-state index in [-0.39, 0.29) is 63.0 Å². The topological polar surface area (TPSA) is 260 Å². The van der Waals surface area contributed by atoms with Crippen molar-refractivity contribution in [2.75, 3.05) is 13.6 Å². The lowest BCUT2D eigenvalue weighted by Gasteiger charge is -2.40. The predicted octanol–water partition coefficient (Wildman–Crippen LogP) is 4.67. The lowest BCUT2D eigenvalue weighted by atomic mass is 9.73. The Morgan fingerprint density at radius 2 is 1.33 bits per heavy atom. The number of benzene rings is 5. The molecule has 6 amide bonds. The summed E-state index contributed by atoms with van der Waals surface area (Å²) in [5.74, 6) is -3.02. The highest BCUT2D eigenvalue weighted by Crippen LogP contribution is 2.38. The molecule has 3 atom stereocenters. The van der Waals surface area contributed by atoms with E-state index >= 15 is 4.79 Å². The molecule has 7 rings (SSSR count). The van der Waals surface area contributed by atoms with Gasteiger partial charge in [-0.2, -0.15) is 0 Å². The number of carbonyl (C=O) groups excluding carboxylic acids is 6. The van der Waals surface area contributed by atoms with Gasteiger partial charge in [-0.1, -0.05) is 121 Å². The van der Waals surface area contributed by atoms with Crippen LogP contribution in [0.2, 0.25) is 0 Å². The number of primary amides is 1. The highest BCUT2D eigenvalue weighted by atomic mass is 16.2. The maximum atomic E-state index is 15.0. The summed E-state index contributed by atoms with van der Waals surface area (Å²) in [6.45, 7) is 0.240. The van der Waals surface area contributed by atoms with Crippen molar-refractivity contribution in [1.29, 1.82) is 0 Å². The normalized spacial score (nSPS) is 16.5. The van der Waals surface area contributed by atoms with Crippen LogP contribution in [0, 0.1) is 0 Å². The lowest BCUT2D eigenvalue weighted by Crippen LogP contribution is -2.64. The van der Waals surface area contributed by atoms with Crippen LogP contribution in [0.5, 0.6) is 0 Å². The summed E-state index contributed by atoms with van der Waals surface area (Å²) in [5, 5.41) is 13.0. The van der Waals surface area contributed by atoms with E-state index in [9.17, 15) is 24.0 Å². The number of nitrogens with zero attached hydrogens (tertiary/aromatic N) is 2. The van der Waals surface area contributed by atoms with Gasteiger partial charge >= 0.3 is 0 Å². The fourth-order valence-electron chi connectivity index (χ4n) is 9.47. The standard InChI is InChI=1S/C56H64N10O6/c1-66(48(34-43-36-61-45-21-12-11-20-44(43)45)52(70)62-35-39-23-25-42(26-24-39)50(57)68)53(71)46(22-13-31-60-55(58)59)63-51(69)47(32-37-14-5-2-6-15-37)64-54(72)56(65-49(67)33-38-16-7-3-8-17-38)29-27-41(28-30-56)40-18-9-4-10-19-40/h2-12,14-21,23-26,36,41,46-48,61H,13,22,27-35H2,1H3,(H2,57,68)(H,62,70)(H,63,69)(H,64,72)(H,65,67)(H4,58,59,60)/t41?,46-,47+,48-,56?/m0/s1. The van der Waals surface area contributed by atoms with Crippen LogP contribution in [0.25, 0.3) is 10.9 Å². The largest absolute Gasteiger partial charge is 0.370 e. The fraction of sp³-hybridized carbons (Fsp3) is 0.304. The molecule has 5 aromatic carbocycles. The van der Waals surface area contributed by atoms with Crippen molar-refractivity contribution in [2.24, 2.45) is 22.2 Å². The highest BCUT2D eigenvalue weighted by molar-refractivity contribution is 5.98. The van der Waals surface area contributed by atoms with Crippen LogP contribution in [0.15, 0.2) is 151 Å². The second-order valence-electron chi connectivity index (χ2n) is 18.5. The minimum absolute atomic E-state index is 0.0620. The van der Waals surface area contributed by atoms with Crippen LogP contribution in [-0.2, 0) is 49.8 Å². The minimum Gasteiger partial charge on any atom is -0.370 e. The molecule has 1 aromatic heterocycles. The van der Waals surface area contributed by atoms with E-state index in [4.69, 9.17) is 17.2 Å². The smallest absolute Gasteiger partial charge is 0.248 e. The van der Waals surface area contributed by atoms with Crippen molar-refractivity contribution in [3.05, 3.63) is 179 Å². The number of nitrogens with two attached hydrogens (primary N) is 3. The number of amides is 6. The molecular weight excluding hydrogens is 909 g/mol. The number of nitrogens with one attached hydrogen (secondary N) is 5. The van der Waals surface area contributed by atoms with E-state index in [1.54, 1.807) is 24.3 Å². The van der Waals surface area contributed by atoms with Gasteiger partial charge in [-0.05, 0) is 90.5 Å². The van der Waals surface area contributed by atoms with E-state index in [0.29, 0.717) is 36.8 Å². The van der Waals surface area contributed by atoms with Gasteiger partial charge in [-0.25, -0.2) is 0 Å². The fourth-order valence-corrected chi connectivity index (χ4v) is 9.47. The SMILES string of the molecule is CN(C(=O)[C@H](CCCN=C(N)N)NC(=O)[C@@H](Cc1ccccc1)NC(=O)C1(NC(=O)Cc2ccccc2)CCC(c2ccccc2)CC1)[C@@H](Cc1c[nH]c2ccccc12)C(=O)NCc1ccc(C(N)=O)cc1. The van der Waals surface area contributed by atoms with Crippen molar-refractivity contribution in [1.82, 2.24) is 31.2 Å². The summed E-state index contributed by atoms with van der Waals surface area (Å²) in [6, 6.07) is 39.3. The molecule has 374 valence electrons. The molecule has 1 fully saturated rings. The number of para-hydroxylation sites is 1. The molecule has 0 unspecified atom stereocenters. The molecule has 0 spiro atoms. The minimum atomic E-state index is -1.34. The molecule has 16 heteroatoms. The number of aromatic amines is 1. The molecule has 0 bridgehead atoms. The van der Waals surface area contributed by atoms with Crippen LogP contribution in [0.3, 0.4) is 0 Å². The van der Waals surface area contributed by atoms with Crippen molar-refractivity contribution >= 4 is 52.3 Å². The molecule has 0 aliphatic heterocycles. The molecule has 6 aromatic rings. The molecule has 1 saturated carbocycles. The van der Waals surface area contributed by atoms with Crippen LogP contribution < -0.4 is 38.5 Å². The van der Waals surface area contributed by atoms with Crippen molar-refractivity contribution in [3.8, 4) is 0 Å². The van der Waals surface area contributed by atoms with Gasteiger partial charge in [0.1, 0.15) is 23.7 Å². The zero-order chi connectivity index (χ0) is 51.0. The Hall–Kier alpha value is -8.27. The molecule has 11 N–H and O–H groups in total. The first kappa shape index (κ1) is 51.6. The number of carbonyl (C=O) groups is 6. The van der Waals surface area contributed by atoms with Crippen molar-refractivity contribution < 1.29 is 28.8 Å². The van der Waals surface area contributed by atoms with E-state index in [0.717, 1.165) is 33.2 Å². The van der Waals surface area contributed by atoms with E-state index in [1.165, 1.54) is 11.9 Å². The maximum Gasteiger partial charge on any atom is 0.248 e. The Morgan fingerprint density at radius 3 is 1.99 bits per heavy atom. The third-order valence-electron chi connectivity index (χ3n) is 13.5.